The number of nitrogens with zero attached hydrogens (tertiary/aromatic N) is 2. The van der Waals surface area contributed by atoms with Gasteiger partial charge in [-0.15, -0.1) is 6.58 Å². The van der Waals surface area contributed by atoms with E-state index in [9.17, 15) is 22.8 Å². The molecule has 4 nitrogen and oxygen atoms in total. The third-order valence-electron chi connectivity index (χ3n) is 7.30. The molecule has 0 spiro atoms. The largest absolute Gasteiger partial charge is 0.406 e. The van der Waals surface area contributed by atoms with Gasteiger partial charge in [-0.25, -0.2) is 0 Å². The summed E-state index contributed by atoms with van der Waals surface area (Å²) in [6.45, 7) is 7.02. The van der Waals surface area contributed by atoms with Crippen LogP contribution in [-0.2, 0) is 9.59 Å². The smallest absolute Gasteiger partial charge is 0.332 e. The molecule has 0 aromatic heterocycles. The number of alkyl halides is 3. The van der Waals surface area contributed by atoms with Gasteiger partial charge < -0.3 is 9.80 Å². The van der Waals surface area contributed by atoms with Crippen LogP contribution in [0.5, 0.6) is 0 Å². The molecule has 3 rings (SSSR count). The molecule has 4 atom stereocenters. The van der Waals surface area contributed by atoms with Crippen molar-refractivity contribution in [3.8, 4) is 0 Å². The zero-order chi connectivity index (χ0) is 28.3. The topological polar surface area (TPSA) is 40.6 Å². The summed E-state index contributed by atoms with van der Waals surface area (Å²) in [6.07, 6.45) is -1.64. The second kappa shape index (κ2) is 12.1. The maximum Gasteiger partial charge on any atom is 0.406 e. The van der Waals surface area contributed by atoms with Crippen molar-refractivity contribution >= 4 is 35.0 Å². The highest BCUT2D eigenvalue weighted by Crippen LogP contribution is 2.52. The number of likely N-dealkylation sites (tertiary alicyclic amines) is 1. The summed E-state index contributed by atoms with van der Waals surface area (Å²) < 4.78 is 40.1. The number of hydrogen-bond acceptors (Lipinski definition) is 2. The zero-order valence-electron chi connectivity index (χ0n) is 21.8. The maximum atomic E-state index is 14.3. The first kappa shape index (κ1) is 30.0. The van der Waals surface area contributed by atoms with E-state index >= 15 is 0 Å². The monoisotopic (exact) mass is 568 g/mol. The minimum absolute atomic E-state index is 0.182. The van der Waals surface area contributed by atoms with Crippen molar-refractivity contribution in [2.75, 3.05) is 13.1 Å². The third-order valence-corrected chi connectivity index (χ3v) is 7.78. The molecule has 1 fully saturated rings. The number of amides is 2. The molecule has 2 aromatic rings. The van der Waals surface area contributed by atoms with Gasteiger partial charge in [-0.2, -0.15) is 13.2 Å². The molecule has 9 heteroatoms. The highest BCUT2D eigenvalue weighted by atomic mass is 35.5. The predicted octanol–water partition coefficient (Wildman–Crippen LogP) is 7.82. The van der Waals surface area contributed by atoms with Crippen LogP contribution in [0.2, 0.25) is 10.0 Å². The fraction of sp³-hybridized carbons (Fsp3) is 0.448. The van der Waals surface area contributed by atoms with Gasteiger partial charge in [0.2, 0.25) is 11.8 Å². The second-order valence-electron chi connectivity index (χ2n) is 10.2. The lowest BCUT2D eigenvalue weighted by Gasteiger charge is -2.52. The van der Waals surface area contributed by atoms with Gasteiger partial charge in [-0.05, 0) is 54.7 Å². The molecule has 2 aromatic carbocycles. The van der Waals surface area contributed by atoms with Gasteiger partial charge in [0, 0.05) is 35.5 Å². The molecule has 2 amide bonds. The fourth-order valence-corrected chi connectivity index (χ4v) is 5.80. The Balaban J connectivity index is 2.20. The molecule has 206 valence electrons. The molecular weight excluding hydrogens is 536 g/mol. The van der Waals surface area contributed by atoms with Crippen LogP contribution in [0.15, 0.2) is 61.2 Å². The van der Waals surface area contributed by atoms with Gasteiger partial charge in [0.05, 0.1) is 11.5 Å². The Labute approximate surface area is 232 Å². The molecule has 38 heavy (non-hydrogen) atoms. The zero-order valence-corrected chi connectivity index (χ0v) is 23.3. The van der Waals surface area contributed by atoms with E-state index in [1.54, 1.807) is 29.2 Å². The SMILES string of the molecule is C=CC[C@@]1(C)C[C@H](c2cccc(Cl)c2)[C@@H](c2ccc(Cl)cc2)N([C@@H](CC)CN(CC(F)(F)F)C(C)=O)C1=O. The Hall–Kier alpha value is -2.51. The van der Waals surface area contributed by atoms with E-state index in [1.165, 1.54) is 0 Å². The van der Waals surface area contributed by atoms with Crippen LogP contribution in [0.1, 0.15) is 63.1 Å². The Morgan fingerprint density at radius 3 is 2.37 bits per heavy atom. The summed E-state index contributed by atoms with van der Waals surface area (Å²) >= 11 is 12.5. The predicted molar refractivity (Wildman–Crippen MR) is 145 cm³/mol. The van der Waals surface area contributed by atoms with Crippen molar-refractivity contribution in [2.24, 2.45) is 5.41 Å². The average molecular weight is 569 g/mol. The van der Waals surface area contributed by atoms with Crippen molar-refractivity contribution in [2.45, 2.75) is 64.2 Å². The quantitative estimate of drug-likeness (QED) is 0.289. The van der Waals surface area contributed by atoms with E-state index in [0.717, 1.165) is 23.0 Å². The molecule has 0 aliphatic carbocycles. The number of halogens is 5. The number of carbonyl (C=O) groups is 2. The van der Waals surface area contributed by atoms with E-state index in [-0.39, 0.29) is 18.4 Å². The highest BCUT2D eigenvalue weighted by Gasteiger charge is 2.51. The number of piperidine rings is 1. The van der Waals surface area contributed by atoms with Gasteiger partial charge >= 0.3 is 6.18 Å². The van der Waals surface area contributed by atoms with Crippen LogP contribution in [0.25, 0.3) is 0 Å². The van der Waals surface area contributed by atoms with E-state index in [2.05, 4.69) is 6.58 Å². The lowest BCUT2D eigenvalue weighted by atomic mass is 9.67. The lowest BCUT2D eigenvalue weighted by molar-refractivity contribution is -0.166. The molecule has 0 N–H and O–H groups in total. The van der Waals surface area contributed by atoms with E-state index < -0.39 is 36.1 Å². The van der Waals surface area contributed by atoms with Gasteiger partial charge in [0.1, 0.15) is 6.54 Å². The molecule has 1 aliphatic rings. The van der Waals surface area contributed by atoms with Crippen molar-refractivity contribution in [1.29, 1.82) is 0 Å². The van der Waals surface area contributed by atoms with Crippen molar-refractivity contribution in [3.05, 3.63) is 82.4 Å². The molecule has 0 unspecified atom stereocenters. The van der Waals surface area contributed by atoms with Crippen molar-refractivity contribution < 1.29 is 22.8 Å². The van der Waals surface area contributed by atoms with Crippen molar-refractivity contribution in [1.82, 2.24) is 9.80 Å². The van der Waals surface area contributed by atoms with Gasteiger partial charge in [0.15, 0.2) is 0 Å². The van der Waals surface area contributed by atoms with Crippen LogP contribution >= 0.6 is 23.2 Å². The maximum absolute atomic E-state index is 14.3. The van der Waals surface area contributed by atoms with Gasteiger partial charge in [-0.1, -0.05) is 67.4 Å². The summed E-state index contributed by atoms with van der Waals surface area (Å²) in [6, 6.07) is 13.4. The van der Waals surface area contributed by atoms with Gasteiger partial charge in [0.25, 0.3) is 0 Å². The second-order valence-corrected chi connectivity index (χ2v) is 11.1. The van der Waals surface area contributed by atoms with Crippen LogP contribution in [0, 0.1) is 5.41 Å². The van der Waals surface area contributed by atoms with Crippen LogP contribution in [0.4, 0.5) is 13.2 Å². The number of benzene rings is 2. The summed E-state index contributed by atoms with van der Waals surface area (Å²) in [5.74, 6) is -1.11. The summed E-state index contributed by atoms with van der Waals surface area (Å²) in [5, 5.41) is 1.07. The molecule has 1 saturated heterocycles. The third kappa shape index (κ3) is 6.92. The first-order chi connectivity index (χ1) is 17.8. The number of hydrogen-bond donors (Lipinski definition) is 0. The number of allylic oxidation sites excluding steroid dienone is 1. The fourth-order valence-electron chi connectivity index (χ4n) is 5.48. The summed E-state index contributed by atoms with van der Waals surface area (Å²) in [5.41, 5.74) is 0.867. The van der Waals surface area contributed by atoms with E-state index in [1.807, 2.05) is 44.2 Å². The van der Waals surface area contributed by atoms with Crippen LogP contribution in [-0.4, -0.2) is 46.9 Å². The highest BCUT2D eigenvalue weighted by molar-refractivity contribution is 6.30. The van der Waals surface area contributed by atoms with Crippen molar-refractivity contribution in [3.63, 3.8) is 0 Å². The first-order valence-corrected chi connectivity index (χ1v) is 13.3. The lowest BCUT2D eigenvalue weighted by Crippen LogP contribution is -2.58. The van der Waals surface area contributed by atoms with Crippen LogP contribution in [0.3, 0.4) is 0 Å². The minimum Gasteiger partial charge on any atom is -0.332 e. The standard InChI is InChI=1S/C29H33Cl2F3N2O2/c1-5-14-28(4)16-25(21-8-7-9-23(31)15-21)26(20-10-12-22(30)13-11-20)36(27(28)38)24(6-2)17-35(19(3)37)18-29(32,33)34/h5,7-13,15,24-26H,1,6,14,16-18H2,2-4H3/t24-,25+,26+,28-/m0/s1. The van der Waals surface area contributed by atoms with E-state index in [0.29, 0.717) is 29.3 Å². The Morgan fingerprint density at radius 2 is 1.84 bits per heavy atom. The molecular formula is C29H33Cl2F3N2O2. The molecule has 1 aliphatic heterocycles. The Bertz CT molecular complexity index is 1160. The normalized spacial score (nSPS) is 22.7. The summed E-state index contributed by atoms with van der Waals surface area (Å²) in [7, 11) is 0. The molecule has 0 radical (unpaired) electrons. The molecule has 0 saturated carbocycles. The molecule has 0 bridgehead atoms. The Kier molecular flexibility index (Phi) is 9.58. The van der Waals surface area contributed by atoms with E-state index in [4.69, 9.17) is 23.2 Å². The molecule has 1 heterocycles. The number of carbonyl (C=O) groups excluding carboxylic acids is 2. The average Bonchev–Trinajstić information content (AvgIpc) is 2.83. The first-order valence-electron chi connectivity index (χ1n) is 12.6. The van der Waals surface area contributed by atoms with Gasteiger partial charge in [-0.3, -0.25) is 9.59 Å². The van der Waals surface area contributed by atoms with Crippen LogP contribution < -0.4 is 0 Å². The minimum atomic E-state index is -4.56. The number of rotatable bonds is 9. The Morgan fingerprint density at radius 1 is 1.18 bits per heavy atom. The summed E-state index contributed by atoms with van der Waals surface area (Å²) in [4.78, 5) is 29.0.